The highest BCUT2D eigenvalue weighted by molar-refractivity contribution is 6.29. The summed E-state index contributed by atoms with van der Waals surface area (Å²) in [6.45, 7) is 5.47. The van der Waals surface area contributed by atoms with Gasteiger partial charge in [0.05, 0.1) is 0 Å². The van der Waals surface area contributed by atoms with Gasteiger partial charge in [0.15, 0.2) is 0 Å². The molecule has 0 bridgehead atoms. The molecule has 0 aliphatic carbocycles. The molecule has 0 aromatic carbocycles. The average Bonchev–Trinajstić information content (AvgIpc) is 2.28. The van der Waals surface area contributed by atoms with E-state index in [2.05, 4.69) is 10.3 Å². The van der Waals surface area contributed by atoms with Crippen molar-refractivity contribution in [1.82, 2.24) is 9.88 Å². The molecule has 0 saturated carbocycles. The Bertz CT molecular complexity index is 395. The standard InChI is InChI=1S/C12H18ClN3O/c1-4-6-16(3)12(17)9-7-10(13)15-11(8-9)14-5-2/h7-8H,4-6H2,1-3H3,(H,14,15). The molecule has 1 aromatic heterocycles. The van der Waals surface area contributed by atoms with Gasteiger partial charge in [-0.3, -0.25) is 4.79 Å². The number of nitrogens with zero attached hydrogens (tertiary/aromatic N) is 2. The number of pyridine rings is 1. The van der Waals surface area contributed by atoms with Crippen LogP contribution in [-0.4, -0.2) is 35.9 Å². The van der Waals surface area contributed by atoms with Crippen molar-refractivity contribution in [2.24, 2.45) is 0 Å². The number of carbonyl (C=O) groups excluding carboxylic acids is 1. The highest BCUT2D eigenvalue weighted by Gasteiger charge is 2.13. The first-order valence-corrected chi connectivity index (χ1v) is 6.13. The van der Waals surface area contributed by atoms with Crippen LogP contribution in [0, 0.1) is 0 Å². The van der Waals surface area contributed by atoms with Crippen LogP contribution >= 0.6 is 11.6 Å². The Morgan fingerprint density at radius 1 is 1.47 bits per heavy atom. The van der Waals surface area contributed by atoms with Crippen molar-refractivity contribution >= 4 is 23.3 Å². The fourth-order valence-electron chi connectivity index (χ4n) is 1.55. The quantitative estimate of drug-likeness (QED) is 0.823. The molecule has 4 nitrogen and oxygen atoms in total. The van der Waals surface area contributed by atoms with Gasteiger partial charge in [-0.2, -0.15) is 0 Å². The van der Waals surface area contributed by atoms with Crippen LogP contribution in [0.2, 0.25) is 5.15 Å². The highest BCUT2D eigenvalue weighted by Crippen LogP contribution is 2.15. The van der Waals surface area contributed by atoms with Crippen molar-refractivity contribution in [3.05, 3.63) is 22.8 Å². The van der Waals surface area contributed by atoms with Crippen molar-refractivity contribution in [2.45, 2.75) is 20.3 Å². The zero-order valence-corrected chi connectivity index (χ0v) is 11.2. The molecule has 17 heavy (non-hydrogen) atoms. The van der Waals surface area contributed by atoms with Crippen LogP contribution < -0.4 is 5.32 Å². The molecule has 0 atom stereocenters. The summed E-state index contributed by atoms with van der Waals surface area (Å²) in [6, 6.07) is 3.32. The fourth-order valence-corrected chi connectivity index (χ4v) is 1.76. The van der Waals surface area contributed by atoms with Crippen LogP contribution in [-0.2, 0) is 0 Å². The average molecular weight is 256 g/mol. The molecule has 0 radical (unpaired) electrons. The van der Waals surface area contributed by atoms with E-state index in [1.54, 1.807) is 24.1 Å². The number of halogens is 1. The molecule has 5 heteroatoms. The number of amides is 1. The third-order valence-corrected chi connectivity index (χ3v) is 2.50. The molecule has 1 amide bonds. The summed E-state index contributed by atoms with van der Waals surface area (Å²) in [4.78, 5) is 17.8. The van der Waals surface area contributed by atoms with Gasteiger partial charge in [-0.05, 0) is 25.5 Å². The van der Waals surface area contributed by atoms with E-state index in [9.17, 15) is 4.79 Å². The van der Waals surface area contributed by atoms with Crippen LogP contribution in [0.1, 0.15) is 30.6 Å². The van der Waals surface area contributed by atoms with Crippen molar-refractivity contribution < 1.29 is 4.79 Å². The van der Waals surface area contributed by atoms with Gasteiger partial charge >= 0.3 is 0 Å². The van der Waals surface area contributed by atoms with Crippen LogP contribution in [0.5, 0.6) is 0 Å². The minimum atomic E-state index is -0.0321. The SMILES string of the molecule is CCCN(C)C(=O)c1cc(Cl)nc(NCC)c1. The summed E-state index contributed by atoms with van der Waals surface area (Å²) >= 11 is 5.89. The van der Waals surface area contributed by atoms with E-state index in [-0.39, 0.29) is 5.91 Å². The Hall–Kier alpha value is -1.29. The van der Waals surface area contributed by atoms with Crippen molar-refractivity contribution in [3.63, 3.8) is 0 Å². The van der Waals surface area contributed by atoms with Gasteiger partial charge in [-0.25, -0.2) is 4.98 Å². The molecule has 1 N–H and O–H groups in total. The second-order valence-electron chi connectivity index (χ2n) is 3.82. The minimum Gasteiger partial charge on any atom is -0.370 e. The largest absolute Gasteiger partial charge is 0.370 e. The molecule has 1 aromatic rings. The van der Waals surface area contributed by atoms with Crippen molar-refractivity contribution in [3.8, 4) is 0 Å². The van der Waals surface area contributed by atoms with Crippen LogP contribution in [0.25, 0.3) is 0 Å². The molecule has 1 rings (SSSR count). The number of anilines is 1. The molecule has 0 saturated heterocycles. The Balaban J connectivity index is 2.92. The molecule has 1 heterocycles. The van der Waals surface area contributed by atoms with Gasteiger partial charge in [0.25, 0.3) is 5.91 Å². The Labute approximate surface area is 107 Å². The Kier molecular flexibility index (Phi) is 5.22. The van der Waals surface area contributed by atoms with Gasteiger partial charge in [0.1, 0.15) is 11.0 Å². The van der Waals surface area contributed by atoms with Gasteiger partial charge in [0.2, 0.25) is 0 Å². The lowest BCUT2D eigenvalue weighted by Gasteiger charge is -2.16. The van der Waals surface area contributed by atoms with E-state index in [1.165, 1.54) is 0 Å². The highest BCUT2D eigenvalue weighted by atomic mass is 35.5. The topological polar surface area (TPSA) is 45.2 Å². The second kappa shape index (κ2) is 6.45. The number of hydrogen-bond acceptors (Lipinski definition) is 3. The number of hydrogen-bond donors (Lipinski definition) is 1. The first-order chi connectivity index (χ1) is 8.08. The van der Waals surface area contributed by atoms with E-state index in [1.807, 2.05) is 13.8 Å². The van der Waals surface area contributed by atoms with Gasteiger partial charge in [0, 0.05) is 25.7 Å². The molecule has 0 aliphatic heterocycles. The lowest BCUT2D eigenvalue weighted by molar-refractivity contribution is 0.0795. The summed E-state index contributed by atoms with van der Waals surface area (Å²) in [7, 11) is 1.78. The number of nitrogens with one attached hydrogen (secondary N) is 1. The predicted octanol–water partition coefficient (Wildman–Crippen LogP) is 2.65. The normalized spacial score (nSPS) is 10.1. The monoisotopic (exact) mass is 255 g/mol. The second-order valence-corrected chi connectivity index (χ2v) is 4.21. The van der Waals surface area contributed by atoms with Crippen molar-refractivity contribution in [2.75, 3.05) is 25.5 Å². The van der Waals surface area contributed by atoms with E-state index in [0.29, 0.717) is 16.5 Å². The lowest BCUT2D eigenvalue weighted by Crippen LogP contribution is -2.27. The zero-order valence-electron chi connectivity index (χ0n) is 10.5. The smallest absolute Gasteiger partial charge is 0.253 e. The van der Waals surface area contributed by atoms with E-state index < -0.39 is 0 Å². The Morgan fingerprint density at radius 2 is 2.18 bits per heavy atom. The third kappa shape index (κ3) is 3.89. The summed E-state index contributed by atoms with van der Waals surface area (Å²) in [5.74, 6) is 0.601. The minimum absolute atomic E-state index is 0.0321. The molecule has 0 unspecified atom stereocenters. The fraction of sp³-hybridized carbons (Fsp3) is 0.500. The summed E-state index contributed by atoms with van der Waals surface area (Å²) in [5, 5.41) is 3.38. The number of rotatable bonds is 5. The lowest BCUT2D eigenvalue weighted by atomic mass is 10.2. The molecular weight excluding hydrogens is 238 g/mol. The zero-order chi connectivity index (χ0) is 12.8. The van der Waals surface area contributed by atoms with E-state index >= 15 is 0 Å². The maximum Gasteiger partial charge on any atom is 0.253 e. The van der Waals surface area contributed by atoms with Gasteiger partial charge in [-0.15, -0.1) is 0 Å². The van der Waals surface area contributed by atoms with Gasteiger partial charge in [-0.1, -0.05) is 18.5 Å². The Morgan fingerprint density at radius 3 is 2.76 bits per heavy atom. The molecule has 0 fully saturated rings. The third-order valence-electron chi connectivity index (χ3n) is 2.30. The van der Waals surface area contributed by atoms with Gasteiger partial charge < -0.3 is 10.2 Å². The maximum atomic E-state index is 12.1. The summed E-state index contributed by atoms with van der Waals surface area (Å²) in [5.41, 5.74) is 0.567. The first-order valence-electron chi connectivity index (χ1n) is 5.75. The summed E-state index contributed by atoms with van der Waals surface area (Å²) in [6.07, 6.45) is 0.932. The van der Waals surface area contributed by atoms with E-state index in [4.69, 9.17) is 11.6 Å². The predicted molar refractivity (Wildman–Crippen MR) is 70.7 cm³/mol. The van der Waals surface area contributed by atoms with Crippen molar-refractivity contribution in [1.29, 1.82) is 0 Å². The number of carbonyl (C=O) groups is 1. The van der Waals surface area contributed by atoms with E-state index in [0.717, 1.165) is 19.5 Å². The molecule has 94 valence electrons. The van der Waals surface area contributed by atoms with Crippen LogP contribution in [0.4, 0.5) is 5.82 Å². The van der Waals surface area contributed by atoms with Crippen LogP contribution in [0.15, 0.2) is 12.1 Å². The molecular formula is C12H18ClN3O. The first kappa shape index (κ1) is 13.8. The summed E-state index contributed by atoms with van der Waals surface area (Å²) < 4.78 is 0. The maximum absolute atomic E-state index is 12.1. The molecule has 0 spiro atoms. The molecule has 0 aliphatic rings. The number of aromatic nitrogens is 1. The van der Waals surface area contributed by atoms with Crippen LogP contribution in [0.3, 0.4) is 0 Å².